The van der Waals surface area contributed by atoms with Crippen molar-refractivity contribution in [2.45, 2.75) is 21.2 Å². The fraction of sp³-hybridized carbons (Fsp3) is 0.143. The molecule has 2 heterocycles. The molecule has 30 heavy (non-hydrogen) atoms. The lowest BCUT2D eigenvalue weighted by molar-refractivity contribution is 0.102. The molecule has 1 N–H and O–H groups in total. The predicted octanol–water partition coefficient (Wildman–Crippen LogP) is 6.22. The number of carbonyl (C=O) groups excluding carboxylic acids is 1. The molecule has 0 aliphatic carbocycles. The number of fused-ring (bicyclic) bond motifs is 1. The van der Waals surface area contributed by atoms with Crippen LogP contribution in [0.5, 0.6) is 0 Å². The molecule has 0 radical (unpaired) electrons. The first kappa shape index (κ1) is 20.9. The van der Waals surface area contributed by atoms with E-state index in [0.29, 0.717) is 16.4 Å². The van der Waals surface area contributed by atoms with E-state index in [1.807, 2.05) is 49.4 Å². The summed E-state index contributed by atoms with van der Waals surface area (Å²) in [4.78, 5) is 21.5. The fourth-order valence-electron chi connectivity index (χ4n) is 2.65. The van der Waals surface area contributed by atoms with Crippen LogP contribution in [0.3, 0.4) is 0 Å². The Labute approximate surface area is 190 Å². The number of para-hydroxylation sites is 1. The number of aromatic nitrogens is 2. The maximum Gasteiger partial charge on any atom is 0.257 e. The number of benzene rings is 2. The van der Waals surface area contributed by atoms with Crippen molar-refractivity contribution in [1.82, 2.24) is 9.97 Å². The van der Waals surface area contributed by atoms with Gasteiger partial charge in [0, 0.05) is 11.3 Å². The summed E-state index contributed by atoms with van der Waals surface area (Å²) in [6.45, 7) is 1.88. The van der Waals surface area contributed by atoms with Crippen LogP contribution >= 0.6 is 46.2 Å². The Morgan fingerprint density at radius 1 is 1.10 bits per heavy atom. The number of thiazole rings is 2. The molecule has 0 saturated carbocycles. The van der Waals surface area contributed by atoms with Crippen molar-refractivity contribution < 1.29 is 4.79 Å². The molecule has 0 aliphatic rings. The van der Waals surface area contributed by atoms with Crippen molar-refractivity contribution in [2.24, 2.45) is 0 Å². The molecule has 150 valence electrons. The van der Waals surface area contributed by atoms with E-state index in [0.717, 1.165) is 31.1 Å². The second kappa shape index (κ2) is 9.62. The van der Waals surface area contributed by atoms with Crippen LogP contribution in [0.25, 0.3) is 10.2 Å². The molecular weight excluding hydrogens is 453 g/mol. The zero-order chi connectivity index (χ0) is 20.9. The lowest BCUT2D eigenvalue weighted by Crippen LogP contribution is -2.11. The first-order valence-corrected chi connectivity index (χ1v) is 12.6. The number of rotatable bonds is 7. The molecule has 0 unspecified atom stereocenters. The summed E-state index contributed by atoms with van der Waals surface area (Å²) in [6.07, 6.45) is 0. The molecule has 0 fully saturated rings. The van der Waals surface area contributed by atoms with Gasteiger partial charge in [0.2, 0.25) is 0 Å². The number of hydrogen-bond donors (Lipinski definition) is 1. The lowest BCUT2D eigenvalue weighted by atomic mass is 10.1. The van der Waals surface area contributed by atoms with E-state index >= 15 is 0 Å². The van der Waals surface area contributed by atoms with E-state index in [-0.39, 0.29) is 5.91 Å². The molecule has 4 rings (SSSR count). The molecule has 9 heteroatoms. The molecule has 5 nitrogen and oxygen atoms in total. The molecule has 0 spiro atoms. The summed E-state index contributed by atoms with van der Waals surface area (Å²) < 4.78 is 3.19. The highest BCUT2D eigenvalue weighted by atomic mass is 32.2. The van der Waals surface area contributed by atoms with Gasteiger partial charge < -0.3 is 0 Å². The van der Waals surface area contributed by atoms with Crippen molar-refractivity contribution >= 4 is 67.5 Å². The van der Waals surface area contributed by atoms with Crippen molar-refractivity contribution in [3.05, 3.63) is 65.4 Å². The van der Waals surface area contributed by atoms with E-state index in [9.17, 15) is 4.79 Å². The Hall–Kier alpha value is -2.38. The van der Waals surface area contributed by atoms with Crippen LogP contribution in [-0.4, -0.2) is 21.6 Å². The van der Waals surface area contributed by atoms with E-state index in [1.165, 1.54) is 27.8 Å². The van der Waals surface area contributed by atoms with Crippen molar-refractivity contribution in [3.63, 3.8) is 0 Å². The van der Waals surface area contributed by atoms with Gasteiger partial charge in [-0.05, 0) is 36.8 Å². The Balaban J connectivity index is 1.35. The highest BCUT2D eigenvalue weighted by Gasteiger charge is 2.12. The van der Waals surface area contributed by atoms with E-state index in [4.69, 9.17) is 5.26 Å². The van der Waals surface area contributed by atoms with E-state index in [2.05, 4.69) is 27.4 Å². The van der Waals surface area contributed by atoms with Crippen molar-refractivity contribution in [2.75, 3.05) is 11.1 Å². The van der Waals surface area contributed by atoms with Crippen LogP contribution in [0.4, 0.5) is 5.13 Å². The first-order valence-electron chi connectivity index (χ1n) is 8.98. The number of amides is 1. The number of nitriles is 1. The van der Waals surface area contributed by atoms with Crippen LogP contribution in [0.1, 0.15) is 21.6 Å². The molecule has 0 atom stereocenters. The molecule has 4 aromatic rings. The minimum absolute atomic E-state index is 0.189. The number of hydrogen-bond acceptors (Lipinski definition) is 8. The van der Waals surface area contributed by atoms with Gasteiger partial charge in [0.1, 0.15) is 0 Å². The second-order valence-corrected chi connectivity index (χ2v) is 10.7. The third-order valence-corrected chi connectivity index (χ3v) is 8.65. The Morgan fingerprint density at radius 2 is 1.90 bits per heavy atom. The summed E-state index contributed by atoms with van der Waals surface area (Å²) >= 11 is 6.22. The monoisotopic (exact) mass is 468 g/mol. The smallest absolute Gasteiger partial charge is 0.257 e. The standard InChI is InChI=1S/C21H16N4OS4/c1-13-19(27-11-10-22)30-20(23-13)25-18(26)15-8-6-14(7-9-15)12-28-21-24-16-4-2-3-5-17(16)29-21/h2-9H,11-12H2,1H3,(H,23,25,26). The van der Waals surface area contributed by atoms with E-state index in [1.54, 1.807) is 23.1 Å². The SMILES string of the molecule is Cc1nc(NC(=O)c2ccc(CSc3nc4ccccc4s3)cc2)sc1SCC#N. The van der Waals surface area contributed by atoms with Gasteiger partial charge in [-0.25, -0.2) is 9.97 Å². The van der Waals surface area contributed by atoms with E-state index < -0.39 is 0 Å². The fourth-order valence-corrected chi connectivity index (χ4v) is 6.47. The highest BCUT2D eigenvalue weighted by molar-refractivity contribution is 8.01. The summed E-state index contributed by atoms with van der Waals surface area (Å²) in [6, 6.07) is 17.8. The Bertz CT molecular complexity index is 1190. The van der Waals surface area contributed by atoms with Crippen LogP contribution in [0, 0.1) is 18.3 Å². The van der Waals surface area contributed by atoms with Gasteiger partial charge in [-0.15, -0.1) is 11.3 Å². The average molecular weight is 469 g/mol. The number of nitrogens with one attached hydrogen (secondary N) is 1. The van der Waals surface area contributed by atoms with Gasteiger partial charge in [0.15, 0.2) is 9.47 Å². The summed E-state index contributed by atoms with van der Waals surface area (Å²) in [7, 11) is 0. The normalized spacial score (nSPS) is 10.8. The minimum Gasteiger partial charge on any atom is -0.298 e. The highest BCUT2D eigenvalue weighted by Crippen LogP contribution is 2.33. The maximum absolute atomic E-state index is 12.5. The van der Waals surface area contributed by atoms with Crippen LogP contribution in [-0.2, 0) is 5.75 Å². The molecule has 0 aliphatic heterocycles. The zero-order valence-electron chi connectivity index (χ0n) is 15.9. The number of thioether (sulfide) groups is 2. The van der Waals surface area contributed by atoms with Gasteiger partial charge in [-0.2, -0.15) is 5.26 Å². The van der Waals surface area contributed by atoms with Crippen LogP contribution < -0.4 is 5.32 Å². The third-order valence-electron chi connectivity index (χ3n) is 4.10. The summed E-state index contributed by atoms with van der Waals surface area (Å²) in [5.74, 6) is 0.978. The van der Waals surface area contributed by atoms with Crippen molar-refractivity contribution in [1.29, 1.82) is 5.26 Å². The van der Waals surface area contributed by atoms with Gasteiger partial charge >= 0.3 is 0 Å². The maximum atomic E-state index is 12.5. The number of nitrogens with zero attached hydrogens (tertiary/aromatic N) is 3. The Morgan fingerprint density at radius 3 is 2.67 bits per heavy atom. The predicted molar refractivity (Wildman–Crippen MR) is 127 cm³/mol. The first-order chi connectivity index (χ1) is 14.6. The molecule has 2 aromatic carbocycles. The minimum atomic E-state index is -0.189. The van der Waals surface area contributed by atoms with Crippen molar-refractivity contribution in [3.8, 4) is 6.07 Å². The number of anilines is 1. The average Bonchev–Trinajstić information content (AvgIpc) is 3.33. The third kappa shape index (κ3) is 5.02. The van der Waals surface area contributed by atoms with Gasteiger partial charge in [0.25, 0.3) is 5.91 Å². The molecule has 2 aromatic heterocycles. The molecule has 0 saturated heterocycles. The molecule has 1 amide bonds. The lowest BCUT2D eigenvalue weighted by Gasteiger charge is -2.04. The topological polar surface area (TPSA) is 78.7 Å². The number of aryl methyl sites for hydroxylation is 1. The van der Waals surface area contributed by atoms with Crippen LogP contribution in [0.15, 0.2) is 57.1 Å². The summed E-state index contributed by atoms with van der Waals surface area (Å²) in [5.41, 5.74) is 3.58. The Kier molecular flexibility index (Phi) is 6.69. The largest absolute Gasteiger partial charge is 0.298 e. The van der Waals surface area contributed by atoms with Gasteiger partial charge in [-0.1, -0.05) is 59.1 Å². The molecular formula is C21H16N4OS4. The quantitative estimate of drug-likeness (QED) is 0.324. The van der Waals surface area contributed by atoms with Gasteiger partial charge in [-0.3, -0.25) is 10.1 Å². The number of carbonyl (C=O) groups is 1. The zero-order valence-corrected chi connectivity index (χ0v) is 19.2. The van der Waals surface area contributed by atoms with Gasteiger partial charge in [0.05, 0.1) is 31.9 Å². The second-order valence-electron chi connectivity index (χ2n) is 6.23. The van der Waals surface area contributed by atoms with Crippen LogP contribution in [0.2, 0.25) is 0 Å². The summed E-state index contributed by atoms with van der Waals surface area (Å²) in [5, 5.41) is 12.1. The molecule has 0 bridgehead atoms.